The SMILES string of the molecule is CCCOc1ccc(NC(=O)[C@@H]2CC[C@H](CN)O2)c(C)c1.Cl. The Hall–Kier alpha value is -1.30. The van der Waals surface area contributed by atoms with Gasteiger partial charge in [0.05, 0.1) is 12.7 Å². The van der Waals surface area contributed by atoms with Gasteiger partial charge in [0.25, 0.3) is 5.91 Å². The van der Waals surface area contributed by atoms with Crippen LogP contribution in [0.4, 0.5) is 5.69 Å². The first-order chi connectivity index (χ1) is 10.1. The van der Waals surface area contributed by atoms with Crippen LogP contribution in [0, 0.1) is 6.92 Å². The zero-order valence-electron chi connectivity index (χ0n) is 13.1. The fourth-order valence-electron chi connectivity index (χ4n) is 2.37. The van der Waals surface area contributed by atoms with Crippen LogP contribution in [0.2, 0.25) is 0 Å². The summed E-state index contributed by atoms with van der Waals surface area (Å²) < 4.78 is 11.2. The van der Waals surface area contributed by atoms with Crippen molar-refractivity contribution in [2.24, 2.45) is 5.73 Å². The third-order valence-electron chi connectivity index (χ3n) is 3.59. The maximum absolute atomic E-state index is 12.2. The molecule has 2 atom stereocenters. The Morgan fingerprint density at radius 3 is 2.82 bits per heavy atom. The predicted octanol–water partition coefficient (Wildman–Crippen LogP) is 2.65. The molecule has 3 N–H and O–H groups in total. The second-order valence-corrected chi connectivity index (χ2v) is 5.37. The fraction of sp³-hybridized carbons (Fsp3) is 0.562. The first-order valence-corrected chi connectivity index (χ1v) is 7.54. The van der Waals surface area contributed by atoms with Crippen LogP contribution in [0.15, 0.2) is 18.2 Å². The minimum absolute atomic E-state index is 0. The van der Waals surface area contributed by atoms with Crippen molar-refractivity contribution in [2.75, 3.05) is 18.5 Å². The lowest BCUT2D eigenvalue weighted by Gasteiger charge is -2.15. The number of ether oxygens (including phenoxy) is 2. The van der Waals surface area contributed by atoms with Crippen molar-refractivity contribution in [1.29, 1.82) is 0 Å². The molecule has 0 aliphatic carbocycles. The average Bonchev–Trinajstić information content (AvgIpc) is 2.96. The second-order valence-electron chi connectivity index (χ2n) is 5.37. The number of benzene rings is 1. The monoisotopic (exact) mass is 328 g/mol. The summed E-state index contributed by atoms with van der Waals surface area (Å²) >= 11 is 0. The van der Waals surface area contributed by atoms with E-state index in [2.05, 4.69) is 12.2 Å². The zero-order valence-corrected chi connectivity index (χ0v) is 13.9. The van der Waals surface area contributed by atoms with Gasteiger partial charge in [-0.2, -0.15) is 0 Å². The Morgan fingerprint density at radius 1 is 1.45 bits per heavy atom. The number of nitrogens with one attached hydrogen (secondary N) is 1. The molecule has 0 unspecified atom stereocenters. The molecular formula is C16H25ClN2O3. The molecule has 1 amide bonds. The summed E-state index contributed by atoms with van der Waals surface area (Å²) in [6.07, 6.45) is 2.15. The summed E-state index contributed by atoms with van der Waals surface area (Å²) in [5.74, 6) is 0.726. The average molecular weight is 329 g/mol. The minimum atomic E-state index is -0.394. The van der Waals surface area contributed by atoms with E-state index in [1.54, 1.807) is 0 Å². The Labute approximate surface area is 138 Å². The molecule has 1 fully saturated rings. The predicted molar refractivity (Wildman–Crippen MR) is 89.8 cm³/mol. The molecule has 1 saturated heterocycles. The maximum atomic E-state index is 12.2. The normalized spacial score (nSPS) is 20.3. The van der Waals surface area contributed by atoms with E-state index in [1.165, 1.54) is 0 Å². The highest BCUT2D eigenvalue weighted by atomic mass is 35.5. The van der Waals surface area contributed by atoms with Crippen LogP contribution < -0.4 is 15.8 Å². The Morgan fingerprint density at radius 2 is 2.23 bits per heavy atom. The number of nitrogens with two attached hydrogens (primary N) is 1. The first-order valence-electron chi connectivity index (χ1n) is 7.54. The molecule has 5 nitrogen and oxygen atoms in total. The van der Waals surface area contributed by atoms with Gasteiger partial charge in [-0.25, -0.2) is 0 Å². The summed E-state index contributed by atoms with van der Waals surface area (Å²) in [6.45, 7) is 5.18. The number of carbonyl (C=O) groups is 1. The fourth-order valence-corrected chi connectivity index (χ4v) is 2.37. The first kappa shape index (κ1) is 18.7. The van der Waals surface area contributed by atoms with E-state index >= 15 is 0 Å². The lowest BCUT2D eigenvalue weighted by Crippen LogP contribution is -2.30. The highest BCUT2D eigenvalue weighted by Gasteiger charge is 2.29. The van der Waals surface area contributed by atoms with Crippen molar-refractivity contribution in [3.8, 4) is 5.75 Å². The van der Waals surface area contributed by atoms with Crippen LogP contribution in [-0.4, -0.2) is 31.3 Å². The molecule has 1 aromatic carbocycles. The molecule has 0 bridgehead atoms. The summed E-state index contributed by atoms with van der Waals surface area (Å²) in [4.78, 5) is 12.2. The van der Waals surface area contributed by atoms with Crippen molar-refractivity contribution in [3.05, 3.63) is 23.8 Å². The summed E-state index contributed by atoms with van der Waals surface area (Å²) in [5, 5.41) is 2.92. The number of hydrogen-bond acceptors (Lipinski definition) is 4. The molecule has 0 spiro atoms. The lowest BCUT2D eigenvalue weighted by atomic mass is 10.1. The van der Waals surface area contributed by atoms with Crippen molar-refractivity contribution in [2.45, 2.75) is 45.3 Å². The van der Waals surface area contributed by atoms with Crippen LogP contribution in [0.25, 0.3) is 0 Å². The number of amides is 1. The van der Waals surface area contributed by atoms with Crippen LogP contribution in [0.5, 0.6) is 5.75 Å². The van der Waals surface area contributed by atoms with Crippen molar-refractivity contribution < 1.29 is 14.3 Å². The van der Waals surface area contributed by atoms with Gasteiger partial charge in [0.15, 0.2) is 0 Å². The Balaban J connectivity index is 0.00000242. The molecule has 0 aromatic heterocycles. The molecule has 0 radical (unpaired) electrons. The molecule has 1 aliphatic heterocycles. The van der Waals surface area contributed by atoms with Gasteiger partial charge in [-0.05, 0) is 49.9 Å². The number of anilines is 1. The standard InChI is InChI=1S/C16H24N2O3.ClH/c1-3-8-20-12-4-6-14(11(2)9-12)18-16(19)15-7-5-13(10-17)21-15;/h4,6,9,13,15H,3,5,7-8,10,17H2,1-2H3,(H,18,19);1H/t13-,15+;/m1./s1. The molecule has 124 valence electrons. The summed E-state index contributed by atoms with van der Waals surface area (Å²) in [7, 11) is 0. The molecule has 2 rings (SSSR count). The number of aryl methyl sites for hydroxylation is 1. The van der Waals surface area contributed by atoms with Crippen LogP contribution >= 0.6 is 12.4 Å². The smallest absolute Gasteiger partial charge is 0.253 e. The third-order valence-corrected chi connectivity index (χ3v) is 3.59. The van der Waals surface area contributed by atoms with E-state index in [4.69, 9.17) is 15.2 Å². The molecule has 22 heavy (non-hydrogen) atoms. The van der Waals surface area contributed by atoms with Gasteiger partial charge in [-0.1, -0.05) is 6.92 Å². The quantitative estimate of drug-likeness (QED) is 0.842. The molecule has 1 aliphatic rings. The van der Waals surface area contributed by atoms with Crippen molar-refractivity contribution in [1.82, 2.24) is 0 Å². The van der Waals surface area contributed by atoms with Crippen molar-refractivity contribution >= 4 is 24.0 Å². The second kappa shape index (κ2) is 8.98. The zero-order chi connectivity index (χ0) is 15.2. The number of rotatable bonds is 6. The van der Waals surface area contributed by atoms with Gasteiger partial charge in [0.2, 0.25) is 0 Å². The van der Waals surface area contributed by atoms with Gasteiger partial charge < -0.3 is 20.5 Å². The van der Waals surface area contributed by atoms with Crippen LogP contribution in [-0.2, 0) is 9.53 Å². The van der Waals surface area contributed by atoms with E-state index in [0.29, 0.717) is 13.2 Å². The topological polar surface area (TPSA) is 73.6 Å². The van der Waals surface area contributed by atoms with E-state index in [0.717, 1.165) is 36.3 Å². The molecule has 6 heteroatoms. The summed E-state index contributed by atoms with van der Waals surface area (Å²) in [6, 6.07) is 5.67. The number of carbonyl (C=O) groups excluding carboxylic acids is 1. The largest absolute Gasteiger partial charge is 0.494 e. The van der Waals surface area contributed by atoms with E-state index in [-0.39, 0.29) is 24.4 Å². The number of halogens is 1. The Kier molecular flexibility index (Phi) is 7.65. The molecule has 0 saturated carbocycles. The van der Waals surface area contributed by atoms with Gasteiger partial charge in [-0.3, -0.25) is 4.79 Å². The van der Waals surface area contributed by atoms with Gasteiger partial charge in [0, 0.05) is 12.2 Å². The van der Waals surface area contributed by atoms with E-state index in [9.17, 15) is 4.79 Å². The molecule has 1 heterocycles. The van der Waals surface area contributed by atoms with Gasteiger partial charge in [-0.15, -0.1) is 12.4 Å². The van der Waals surface area contributed by atoms with Crippen molar-refractivity contribution in [3.63, 3.8) is 0 Å². The third kappa shape index (κ3) is 4.87. The summed E-state index contributed by atoms with van der Waals surface area (Å²) in [5.41, 5.74) is 7.33. The lowest BCUT2D eigenvalue weighted by molar-refractivity contribution is -0.126. The minimum Gasteiger partial charge on any atom is -0.494 e. The molecular weight excluding hydrogens is 304 g/mol. The van der Waals surface area contributed by atoms with Gasteiger partial charge in [0.1, 0.15) is 11.9 Å². The van der Waals surface area contributed by atoms with E-state index in [1.807, 2.05) is 25.1 Å². The van der Waals surface area contributed by atoms with Crippen LogP contribution in [0.1, 0.15) is 31.7 Å². The van der Waals surface area contributed by atoms with E-state index < -0.39 is 6.10 Å². The highest BCUT2D eigenvalue weighted by molar-refractivity contribution is 5.95. The van der Waals surface area contributed by atoms with Gasteiger partial charge >= 0.3 is 0 Å². The highest BCUT2D eigenvalue weighted by Crippen LogP contribution is 2.24. The molecule has 1 aromatic rings. The van der Waals surface area contributed by atoms with Crippen LogP contribution in [0.3, 0.4) is 0 Å². The maximum Gasteiger partial charge on any atom is 0.253 e. The Bertz CT molecular complexity index is 496. The number of hydrogen-bond donors (Lipinski definition) is 2.